The second-order valence-electron chi connectivity index (χ2n) is 5.90. The van der Waals surface area contributed by atoms with Gasteiger partial charge in [0.25, 0.3) is 0 Å². The first-order chi connectivity index (χ1) is 9.47. The quantitative estimate of drug-likeness (QED) is 0.907. The van der Waals surface area contributed by atoms with Gasteiger partial charge in [-0.05, 0) is 17.4 Å². The number of rotatable bonds is 5. The Bertz CT molecular complexity index is 543. The summed E-state index contributed by atoms with van der Waals surface area (Å²) in [5.74, 6) is 2.16. The Labute approximate surface area is 120 Å². The van der Waals surface area contributed by atoms with Crippen molar-refractivity contribution in [3.8, 4) is 11.4 Å². The van der Waals surface area contributed by atoms with Crippen LogP contribution in [0.25, 0.3) is 11.4 Å². The Hall–Kier alpha value is -1.68. The van der Waals surface area contributed by atoms with Gasteiger partial charge in [0, 0.05) is 18.0 Å². The topological polar surface area (TPSA) is 64.9 Å². The molecule has 1 aromatic carbocycles. The number of benzene rings is 1. The summed E-state index contributed by atoms with van der Waals surface area (Å²) >= 11 is 0. The first-order valence-corrected chi connectivity index (χ1v) is 7.16. The average molecular weight is 273 g/mol. The molecule has 0 aliphatic carbocycles. The molecule has 0 aliphatic rings. The van der Waals surface area contributed by atoms with E-state index in [2.05, 4.69) is 50.0 Å². The lowest BCUT2D eigenvalue weighted by atomic mass is 10.0. The molecule has 1 aromatic heterocycles. The maximum Gasteiger partial charge on any atom is 0.228 e. The van der Waals surface area contributed by atoms with E-state index in [0.29, 0.717) is 30.0 Å². The third kappa shape index (κ3) is 3.45. The van der Waals surface area contributed by atoms with Crippen molar-refractivity contribution >= 4 is 0 Å². The zero-order valence-corrected chi connectivity index (χ0v) is 12.6. The van der Waals surface area contributed by atoms with Gasteiger partial charge in [0.2, 0.25) is 11.7 Å². The minimum atomic E-state index is 0.0478. The van der Waals surface area contributed by atoms with Crippen LogP contribution < -0.4 is 5.73 Å². The molecule has 2 N–H and O–H groups in total. The molecular formula is C16H23N3O. The van der Waals surface area contributed by atoms with Gasteiger partial charge in [-0.1, -0.05) is 57.1 Å². The fourth-order valence-corrected chi connectivity index (χ4v) is 1.91. The van der Waals surface area contributed by atoms with Crippen molar-refractivity contribution in [3.63, 3.8) is 0 Å². The van der Waals surface area contributed by atoms with E-state index >= 15 is 0 Å². The summed E-state index contributed by atoms with van der Waals surface area (Å²) in [6.45, 7) is 8.53. The lowest BCUT2D eigenvalue weighted by molar-refractivity contribution is 0.353. The molecule has 20 heavy (non-hydrogen) atoms. The van der Waals surface area contributed by atoms with Gasteiger partial charge in [-0.25, -0.2) is 0 Å². The number of hydrogen-bond acceptors (Lipinski definition) is 4. The van der Waals surface area contributed by atoms with Gasteiger partial charge >= 0.3 is 0 Å². The van der Waals surface area contributed by atoms with Crippen LogP contribution in [0.1, 0.15) is 45.1 Å². The summed E-state index contributed by atoms with van der Waals surface area (Å²) in [6.07, 6.45) is 0.620. The molecule has 0 fully saturated rings. The first kappa shape index (κ1) is 14.7. The van der Waals surface area contributed by atoms with Crippen LogP contribution in [0.3, 0.4) is 0 Å². The minimum absolute atomic E-state index is 0.0478. The minimum Gasteiger partial charge on any atom is -0.339 e. The molecule has 108 valence electrons. The SMILES string of the molecule is CC(C)c1ccc(-c2noc(CC(N)C(C)C)n2)cc1. The molecule has 1 atom stereocenters. The maximum absolute atomic E-state index is 6.02. The fraction of sp³-hybridized carbons (Fsp3) is 0.500. The summed E-state index contributed by atoms with van der Waals surface area (Å²) in [6, 6.07) is 8.33. The Morgan fingerprint density at radius 1 is 1.10 bits per heavy atom. The van der Waals surface area contributed by atoms with E-state index < -0.39 is 0 Å². The molecule has 0 bridgehead atoms. The summed E-state index contributed by atoms with van der Waals surface area (Å²) in [5, 5.41) is 4.03. The van der Waals surface area contributed by atoms with E-state index in [4.69, 9.17) is 10.3 Å². The molecule has 0 saturated carbocycles. The second-order valence-corrected chi connectivity index (χ2v) is 5.90. The Morgan fingerprint density at radius 2 is 1.75 bits per heavy atom. The van der Waals surface area contributed by atoms with Crippen molar-refractivity contribution in [1.82, 2.24) is 10.1 Å². The predicted molar refractivity (Wildman–Crippen MR) is 80.3 cm³/mol. The van der Waals surface area contributed by atoms with Crippen molar-refractivity contribution < 1.29 is 4.52 Å². The van der Waals surface area contributed by atoms with Crippen molar-refractivity contribution in [2.75, 3.05) is 0 Å². The monoisotopic (exact) mass is 273 g/mol. The predicted octanol–water partition coefficient (Wildman–Crippen LogP) is 3.39. The molecule has 4 heteroatoms. The van der Waals surface area contributed by atoms with Crippen LogP contribution in [0.4, 0.5) is 0 Å². The van der Waals surface area contributed by atoms with E-state index in [1.54, 1.807) is 0 Å². The molecule has 1 heterocycles. The van der Waals surface area contributed by atoms with Crippen LogP contribution in [-0.4, -0.2) is 16.2 Å². The molecule has 0 amide bonds. The van der Waals surface area contributed by atoms with Gasteiger partial charge in [-0.2, -0.15) is 4.98 Å². The smallest absolute Gasteiger partial charge is 0.228 e. The third-order valence-corrected chi connectivity index (χ3v) is 3.57. The van der Waals surface area contributed by atoms with Crippen molar-refractivity contribution in [2.45, 2.75) is 46.1 Å². The molecule has 0 radical (unpaired) electrons. The molecule has 0 aliphatic heterocycles. The zero-order chi connectivity index (χ0) is 14.7. The fourth-order valence-electron chi connectivity index (χ4n) is 1.91. The van der Waals surface area contributed by atoms with E-state index in [1.807, 2.05) is 12.1 Å². The lowest BCUT2D eigenvalue weighted by Gasteiger charge is -2.11. The highest BCUT2D eigenvalue weighted by Gasteiger charge is 2.14. The van der Waals surface area contributed by atoms with Crippen LogP contribution in [0.5, 0.6) is 0 Å². The number of nitrogens with zero attached hydrogens (tertiary/aromatic N) is 2. The molecule has 2 rings (SSSR count). The van der Waals surface area contributed by atoms with Crippen molar-refractivity contribution in [1.29, 1.82) is 0 Å². The molecule has 0 saturated heterocycles. The maximum atomic E-state index is 6.02. The van der Waals surface area contributed by atoms with Gasteiger partial charge < -0.3 is 10.3 Å². The summed E-state index contributed by atoms with van der Waals surface area (Å²) in [4.78, 5) is 4.42. The highest BCUT2D eigenvalue weighted by Crippen LogP contribution is 2.21. The number of aromatic nitrogens is 2. The van der Waals surface area contributed by atoms with Crippen molar-refractivity contribution in [2.24, 2.45) is 11.7 Å². The normalized spacial score (nSPS) is 13.2. The van der Waals surface area contributed by atoms with Gasteiger partial charge in [0.05, 0.1) is 0 Å². The standard InChI is InChI=1S/C16H23N3O/c1-10(2)12-5-7-13(8-6-12)16-18-15(20-19-16)9-14(17)11(3)4/h5-8,10-11,14H,9,17H2,1-4H3. The third-order valence-electron chi connectivity index (χ3n) is 3.57. The van der Waals surface area contributed by atoms with Crippen LogP contribution in [0, 0.1) is 5.92 Å². The van der Waals surface area contributed by atoms with Gasteiger partial charge in [0.1, 0.15) is 0 Å². The highest BCUT2D eigenvalue weighted by molar-refractivity contribution is 5.54. The van der Waals surface area contributed by atoms with Crippen LogP contribution in [0.15, 0.2) is 28.8 Å². The van der Waals surface area contributed by atoms with Gasteiger partial charge in [0.15, 0.2) is 0 Å². The summed E-state index contributed by atoms with van der Waals surface area (Å²) < 4.78 is 5.28. The Morgan fingerprint density at radius 3 is 2.30 bits per heavy atom. The Balaban J connectivity index is 2.12. The van der Waals surface area contributed by atoms with Gasteiger partial charge in [-0.3, -0.25) is 0 Å². The van der Waals surface area contributed by atoms with Crippen molar-refractivity contribution in [3.05, 3.63) is 35.7 Å². The molecule has 0 spiro atoms. The summed E-state index contributed by atoms with van der Waals surface area (Å²) in [7, 11) is 0. The molecular weight excluding hydrogens is 250 g/mol. The van der Waals surface area contributed by atoms with E-state index in [9.17, 15) is 0 Å². The zero-order valence-electron chi connectivity index (χ0n) is 12.6. The second kappa shape index (κ2) is 6.18. The largest absolute Gasteiger partial charge is 0.339 e. The average Bonchev–Trinajstić information content (AvgIpc) is 2.87. The van der Waals surface area contributed by atoms with E-state index in [0.717, 1.165) is 5.56 Å². The molecule has 2 aromatic rings. The van der Waals surface area contributed by atoms with Crippen LogP contribution in [-0.2, 0) is 6.42 Å². The van der Waals surface area contributed by atoms with Gasteiger partial charge in [-0.15, -0.1) is 0 Å². The van der Waals surface area contributed by atoms with Crippen LogP contribution >= 0.6 is 0 Å². The molecule has 1 unspecified atom stereocenters. The first-order valence-electron chi connectivity index (χ1n) is 7.16. The highest BCUT2D eigenvalue weighted by atomic mass is 16.5. The van der Waals surface area contributed by atoms with Crippen LogP contribution in [0.2, 0.25) is 0 Å². The van der Waals surface area contributed by atoms with E-state index in [1.165, 1.54) is 5.56 Å². The number of nitrogens with two attached hydrogens (primary N) is 1. The molecule has 4 nitrogen and oxygen atoms in total. The number of hydrogen-bond donors (Lipinski definition) is 1. The van der Waals surface area contributed by atoms with E-state index in [-0.39, 0.29) is 6.04 Å². The Kier molecular flexibility index (Phi) is 4.55. The lowest BCUT2D eigenvalue weighted by Crippen LogP contribution is -2.28. The summed E-state index contributed by atoms with van der Waals surface area (Å²) in [5.41, 5.74) is 8.30.